The molecule has 1 aromatic carbocycles. The Hall–Kier alpha value is -2.97. The lowest BCUT2D eigenvalue weighted by Gasteiger charge is -2.35. The van der Waals surface area contributed by atoms with Crippen LogP contribution < -0.4 is 10.1 Å². The van der Waals surface area contributed by atoms with Crippen molar-refractivity contribution in [2.24, 2.45) is 5.92 Å². The van der Waals surface area contributed by atoms with Gasteiger partial charge in [-0.3, -0.25) is 19.5 Å². The number of pyridine rings is 1. The highest BCUT2D eigenvalue weighted by molar-refractivity contribution is 5.98. The van der Waals surface area contributed by atoms with Crippen LogP contribution in [0.1, 0.15) is 36.8 Å². The summed E-state index contributed by atoms with van der Waals surface area (Å²) in [6, 6.07) is 11.1. The van der Waals surface area contributed by atoms with E-state index in [0.717, 1.165) is 12.2 Å². The summed E-state index contributed by atoms with van der Waals surface area (Å²) in [5, 5.41) is 2.76. The minimum absolute atomic E-state index is 0.0523. The fourth-order valence-electron chi connectivity index (χ4n) is 4.05. The van der Waals surface area contributed by atoms with Crippen LogP contribution in [0.3, 0.4) is 0 Å². The van der Waals surface area contributed by atoms with Crippen LogP contribution in [0.4, 0.5) is 5.69 Å². The molecule has 0 unspecified atom stereocenters. The number of likely N-dealkylation sites (N-methyl/N-ethyl adjacent to an activating group) is 1. The van der Waals surface area contributed by atoms with Crippen molar-refractivity contribution >= 4 is 17.5 Å². The summed E-state index contributed by atoms with van der Waals surface area (Å²) in [5.41, 5.74) is 2.03. The van der Waals surface area contributed by atoms with Gasteiger partial charge in [-0.25, -0.2) is 0 Å². The van der Waals surface area contributed by atoms with E-state index >= 15 is 0 Å². The number of carbonyl (C=O) groups excluding carboxylic acids is 2. The molecule has 0 saturated heterocycles. The second kappa shape index (κ2) is 11.2. The number of amides is 2. The summed E-state index contributed by atoms with van der Waals surface area (Å²) in [7, 11) is 3.46. The van der Waals surface area contributed by atoms with Crippen LogP contribution in [0, 0.1) is 5.92 Å². The molecule has 3 atom stereocenters. The molecule has 0 spiro atoms. The number of methoxy groups -OCH3 is 1. The summed E-state index contributed by atoms with van der Waals surface area (Å²) >= 11 is 0. The molecular weight excluding hydrogens is 420 g/mol. The Morgan fingerprint density at radius 1 is 1.24 bits per heavy atom. The second-order valence-corrected chi connectivity index (χ2v) is 8.74. The largest absolute Gasteiger partial charge is 0.491 e. The minimum Gasteiger partial charge on any atom is -0.491 e. The van der Waals surface area contributed by atoms with Crippen LogP contribution in [0.2, 0.25) is 0 Å². The van der Waals surface area contributed by atoms with Crippen molar-refractivity contribution in [3.8, 4) is 5.75 Å². The third kappa shape index (κ3) is 6.52. The van der Waals surface area contributed by atoms with E-state index in [9.17, 15) is 9.59 Å². The zero-order chi connectivity index (χ0) is 24.0. The first-order chi connectivity index (χ1) is 15.8. The normalized spacial score (nSPS) is 22.5. The highest BCUT2D eigenvalue weighted by atomic mass is 16.5. The van der Waals surface area contributed by atoms with E-state index in [2.05, 4.69) is 29.0 Å². The Kier molecular flexibility index (Phi) is 8.41. The van der Waals surface area contributed by atoms with E-state index in [1.54, 1.807) is 43.5 Å². The van der Waals surface area contributed by atoms with E-state index in [1.165, 1.54) is 6.92 Å². The Bertz CT molecular complexity index is 953. The number of rotatable bonds is 4. The summed E-state index contributed by atoms with van der Waals surface area (Å²) < 4.78 is 12.0. The van der Waals surface area contributed by atoms with Gasteiger partial charge in [0.1, 0.15) is 12.4 Å². The van der Waals surface area contributed by atoms with Gasteiger partial charge in [0.05, 0.1) is 17.4 Å². The molecule has 33 heavy (non-hydrogen) atoms. The molecule has 1 aliphatic rings. The molecule has 0 saturated carbocycles. The molecule has 0 fully saturated rings. The Balaban J connectivity index is 1.94. The van der Waals surface area contributed by atoms with E-state index < -0.39 is 0 Å². The van der Waals surface area contributed by atoms with Crippen LogP contribution in [0.15, 0.2) is 42.6 Å². The molecule has 178 valence electrons. The number of aromatic nitrogens is 1. The van der Waals surface area contributed by atoms with Crippen molar-refractivity contribution < 1.29 is 19.1 Å². The van der Waals surface area contributed by atoms with Crippen molar-refractivity contribution in [3.05, 3.63) is 53.9 Å². The number of fused-ring (bicyclic) bond motifs is 1. The highest BCUT2D eigenvalue weighted by Gasteiger charge is 2.28. The van der Waals surface area contributed by atoms with E-state index in [4.69, 9.17) is 9.47 Å². The lowest BCUT2D eigenvalue weighted by Crippen LogP contribution is -2.46. The highest BCUT2D eigenvalue weighted by Crippen LogP contribution is 2.27. The van der Waals surface area contributed by atoms with Gasteiger partial charge in [-0.1, -0.05) is 13.0 Å². The molecule has 8 heteroatoms. The third-order valence-corrected chi connectivity index (χ3v) is 5.99. The number of hydrogen-bond donors (Lipinski definition) is 1. The van der Waals surface area contributed by atoms with Crippen LogP contribution in [0.25, 0.3) is 0 Å². The lowest BCUT2D eigenvalue weighted by molar-refractivity contribution is -0.114. The average molecular weight is 455 g/mol. The first-order valence-electron chi connectivity index (χ1n) is 11.2. The molecular formula is C25H34N4O4. The maximum absolute atomic E-state index is 13.2. The van der Waals surface area contributed by atoms with Crippen molar-refractivity contribution in [1.82, 2.24) is 14.8 Å². The smallest absolute Gasteiger partial charge is 0.257 e. The van der Waals surface area contributed by atoms with Gasteiger partial charge in [-0.2, -0.15) is 0 Å². The predicted octanol–water partition coefficient (Wildman–Crippen LogP) is 3.05. The van der Waals surface area contributed by atoms with Crippen LogP contribution in [-0.4, -0.2) is 72.6 Å². The molecule has 2 amide bonds. The second-order valence-electron chi connectivity index (χ2n) is 8.74. The predicted molar refractivity (Wildman–Crippen MR) is 127 cm³/mol. The van der Waals surface area contributed by atoms with Gasteiger partial charge >= 0.3 is 0 Å². The van der Waals surface area contributed by atoms with E-state index in [1.807, 2.05) is 18.2 Å². The maximum atomic E-state index is 13.2. The molecule has 1 aliphatic heterocycles. The Labute approximate surface area is 195 Å². The summed E-state index contributed by atoms with van der Waals surface area (Å²) in [5.74, 6) is 0.299. The fourth-order valence-corrected chi connectivity index (χ4v) is 4.05. The minimum atomic E-state index is -0.182. The van der Waals surface area contributed by atoms with Crippen molar-refractivity contribution in [3.63, 3.8) is 0 Å². The first kappa shape index (κ1) is 24.7. The maximum Gasteiger partial charge on any atom is 0.257 e. The van der Waals surface area contributed by atoms with Gasteiger partial charge in [0.25, 0.3) is 5.91 Å². The molecule has 2 aromatic rings. The van der Waals surface area contributed by atoms with Crippen molar-refractivity contribution in [2.75, 3.05) is 39.2 Å². The number of benzene rings is 1. The molecule has 1 aromatic heterocycles. The van der Waals surface area contributed by atoms with Crippen LogP contribution in [-0.2, 0) is 16.1 Å². The zero-order valence-corrected chi connectivity index (χ0v) is 20.1. The summed E-state index contributed by atoms with van der Waals surface area (Å²) in [6.07, 6.45) is 1.68. The van der Waals surface area contributed by atoms with Crippen molar-refractivity contribution in [2.45, 2.75) is 39.5 Å². The molecule has 0 bridgehead atoms. The van der Waals surface area contributed by atoms with E-state index in [0.29, 0.717) is 36.7 Å². The molecule has 0 aliphatic carbocycles. The number of carbonyl (C=O) groups is 2. The van der Waals surface area contributed by atoms with Gasteiger partial charge in [-0.05, 0) is 37.1 Å². The molecule has 0 radical (unpaired) electrons. The molecule has 3 rings (SSSR count). The third-order valence-electron chi connectivity index (χ3n) is 5.99. The van der Waals surface area contributed by atoms with Crippen LogP contribution in [0.5, 0.6) is 5.75 Å². The SMILES string of the molecule is CO[C@@H]1CN(C)C(=O)c2ccc(NC(C)=O)cc2OC[C@@H](C)N(Cc2ccccn2)C[C@@H]1C. The number of nitrogens with zero attached hydrogens (tertiary/aromatic N) is 3. The van der Waals surface area contributed by atoms with Gasteiger partial charge < -0.3 is 19.7 Å². The van der Waals surface area contributed by atoms with Gasteiger partial charge in [0.15, 0.2) is 0 Å². The van der Waals surface area contributed by atoms with Crippen LogP contribution >= 0.6 is 0 Å². The molecule has 1 N–H and O–H groups in total. The Morgan fingerprint density at radius 3 is 2.70 bits per heavy atom. The van der Waals surface area contributed by atoms with E-state index in [-0.39, 0.29) is 29.9 Å². The fraction of sp³-hybridized carbons (Fsp3) is 0.480. The van der Waals surface area contributed by atoms with Gasteiger partial charge in [-0.15, -0.1) is 0 Å². The number of anilines is 1. The summed E-state index contributed by atoms with van der Waals surface area (Å²) in [6.45, 7) is 7.97. The average Bonchev–Trinajstić information content (AvgIpc) is 2.79. The number of nitrogens with one attached hydrogen (secondary N) is 1. The zero-order valence-electron chi connectivity index (χ0n) is 20.1. The van der Waals surface area contributed by atoms with Crippen molar-refractivity contribution in [1.29, 1.82) is 0 Å². The summed E-state index contributed by atoms with van der Waals surface area (Å²) in [4.78, 5) is 33.2. The van der Waals surface area contributed by atoms with Gasteiger partial charge in [0.2, 0.25) is 5.91 Å². The van der Waals surface area contributed by atoms with Gasteiger partial charge in [0, 0.05) is 64.7 Å². The first-order valence-corrected chi connectivity index (χ1v) is 11.2. The Morgan fingerprint density at radius 2 is 2.03 bits per heavy atom. The molecule has 8 nitrogen and oxygen atoms in total. The number of hydrogen-bond acceptors (Lipinski definition) is 6. The topological polar surface area (TPSA) is 84.0 Å². The quantitative estimate of drug-likeness (QED) is 0.765. The molecule has 2 heterocycles. The number of ether oxygens (including phenoxy) is 2. The monoisotopic (exact) mass is 454 g/mol. The standard InChI is InChI=1S/C25H34N4O4/c1-17-13-29(14-21-8-6-7-11-26-21)18(2)16-33-23-12-20(27-19(3)30)9-10-22(23)25(31)28(4)15-24(17)32-5/h6-12,17-18,24H,13-16H2,1-5H3,(H,27,30)/t17-,18+,24+/m0/s1. The lowest BCUT2D eigenvalue weighted by atomic mass is 10.0.